The van der Waals surface area contributed by atoms with Crippen LogP contribution < -0.4 is 16.3 Å². The Bertz CT molecular complexity index is 1170. The van der Waals surface area contributed by atoms with Crippen LogP contribution in [0.15, 0.2) is 83.7 Å². The molecule has 1 aliphatic heterocycles. The summed E-state index contributed by atoms with van der Waals surface area (Å²) >= 11 is 0. The number of benzene rings is 3. The number of rotatable bonds is 1. The van der Waals surface area contributed by atoms with Gasteiger partial charge in [0.15, 0.2) is 5.82 Å². The van der Waals surface area contributed by atoms with Gasteiger partial charge in [0.05, 0.1) is 10.9 Å². The second kappa shape index (κ2) is 5.74. The Morgan fingerprint density at radius 3 is 2.46 bits per heavy atom. The van der Waals surface area contributed by atoms with E-state index in [1.54, 1.807) is 10.7 Å². The van der Waals surface area contributed by atoms with Gasteiger partial charge in [-0.2, -0.15) is 0 Å². The Hall–Kier alpha value is -3.60. The van der Waals surface area contributed by atoms with Crippen molar-refractivity contribution in [2.24, 2.45) is 0 Å². The van der Waals surface area contributed by atoms with Crippen molar-refractivity contribution in [1.29, 1.82) is 0 Å². The lowest BCUT2D eigenvalue weighted by molar-refractivity contribution is 0.726. The van der Waals surface area contributed by atoms with E-state index < -0.39 is 0 Å². The van der Waals surface area contributed by atoms with Gasteiger partial charge < -0.3 is 5.32 Å². The molecule has 1 aromatic heterocycles. The first-order valence-electron chi connectivity index (χ1n) is 8.50. The minimum Gasteiger partial charge on any atom is -0.360 e. The number of para-hydroxylation sites is 2. The van der Waals surface area contributed by atoms with E-state index in [0.717, 1.165) is 16.8 Å². The van der Waals surface area contributed by atoms with E-state index in [2.05, 4.69) is 10.7 Å². The van der Waals surface area contributed by atoms with Gasteiger partial charge in [0.1, 0.15) is 6.17 Å². The molecule has 4 aromatic rings. The van der Waals surface area contributed by atoms with Gasteiger partial charge in [-0.15, -0.1) is 0 Å². The molecule has 126 valence electrons. The number of hydrogen-bond acceptors (Lipinski definition) is 4. The Labute approximate surface area is 149 Å². The fourth-order valence-corrected chi connectivity index (χ4v) is 3.36. The summed E-state index contributed by atoms with van der Waals surface area (Å²) in [7, 11) is 0. The Morgan fingerprint density at radius 1 is 0.846 bits per heavy atom. The maximum Gasteiger partial charge on any atom is 0.280 e. The summed E-state index contributed by atoms with van der Waals surface area (Å²) in [5, 5.41) is 4.09. The van der Waals surface area contributed by atoms with Gasteiger partial charge in [0, 0.05) is 11.3 Å². The minimum atomic E-state index is -0.251. The zero-order chi connectivity index (χ0) is 17.5. The van der Waals surface area contributed by atoms with Gasteiger partial charge in [-0.05, 0) is 29.8 Å². The molecule has 1 atom stereocenters. The van der Waals surface area contributed by atoms with Crippen molar-refractivity contribution in [3.63, 3.8) is 0 Å². The maximum absolute atomic E-state index is 13.1. The summed E-state index contributed by atoms with van der Waals surface area (Å²) in [5.41, 5.74) is 6.76. The Balaban J connectivity index is 1.81. The molecule has 1 aliphatic rings. The third kappa shape index (κ3) is 2.25. The second-order valence-corrected chi connectivity index (χ2v) is 6.26. The highest BCUT2D eigenvalue weighted by Gasteiger charge is 2.23. The predicted octanol–water partition coefficient (Wildman–Crippen LogP) is 3.73. The lowest BCUT2D eigenvalue weighted by Crippen LogP contribution is -2.34. The monoisotopic (exact) mass is 340 g/mol. The molecule has 2 heterocycles. The summed E-state index contributed by atoms with van der Waals surface area (Å²) in [4.78, 5) is 17.9. The van der Waals surface area contributed by atoms with E-state index in [1.165, 1.54) is 0 Å². The summed E-state index contributed by atoms with van der Waals surface area (Å²) < 4.78 is 1.55. The first-order chi connectivity index (χ1) is 12.8. The smallest absolute Gasteiger partial charge is 0.280 e. The molecule has 2 N–H and O–H groups in total. The summed E-state index contributed by atoms with van der Waals surface area (Å²) in [5.74, 6) is 0.607. The molecule has 0 saturated carbocycles. The first kappa shape index (κ1) is 14.7. The van der Waals surface area contributed by atoms with Crippen molar-refractivity contribution < 1.29 is 0 Å². The lowest BCUT2D eigenvalue weighted by Gasteiger charge is -2.21. The molecular formula is C21H16N4O. The number of nitrogens with zero attached hydrogens (tertiary/aromatic N) is 2. The van der Waals surface area contributed by atoms with Gasteiger partial charge in [0.25, 0.3) is 5.56 Å². The molecule has 3 aromatic carbocycles. The van der Waals surface area contributed by atoms with E-state index in [1.807, 2.05) is 72.8 Å². The fraction of sp³-hybridized carbons (Fsp3) is 0.0476. The van der Waals surface area contributed by atoms with Crippen LogP contribution in [-0.4, -0.2) is 9.66 Å². The van der Waals surface area contributed by atoms with Crippen LogP contribution in [0.5, 0.6) is 0 Å². The van der Waals surface area contributed by atoms with Crippen molar-refractivity contribution in [1.82, 2.24) is 9.66 Å². The number of fused-ring (bicyclic) bond motifs is 4. The molecule has 5 nitrogen and oxygen atoms in total. The van der Waals surface area contributed by atoms with E-state index in [4.69, 9.17) is 4.98 Å². The molecule has 0 bridgehead atoms. The molecular weight excluding hydrogens is 324 g/mol. The van der Waals surface area contributed by atoms with Crippen LogP contribution in [0.25, 0.3) is 22.3 Å². The van der Waals surface area contributed by atoms with Crippen molar-refractivity contribution in [3.8, 4) is 11.4 Å². The van der Waals surface area contributed by atoms with Crippen LogP contribution in [0.3, 0.4) is 0 Å². The minimum absolute atomic E-state index is 0.106. The van der Waals surface area contributed by atoms with Crippen LogP contribution in [0, 0.1) is 0 Å². The van der Waals surface area contributed by atoms with Gasteiger partial charge in [0.2, 0.25) is 0 Å². The predicted molar refractivity (Wildman–Crippen MR) is 104 cm³/mol. The van der Waals surface area contributed by atoms with Crippen LogP contribution >= 0.6 is 0 Å². The van der Waals surface area contributed by atoms with Gasteiger partial charge in [-0.3, -0.25) is 10.2 Å². The van der Waals surface area contributed by atoms with Crippen molar-refractivity contribution in [2.75, 3.05) is 10.7 Å². The standard InChI is InChI=1S/C21H16N4O/c26-21-16-11-5-7-13-18(16)23-20-15-10-4-6-12-17(15)22-19(24-25(20)21)14-8-2-1-3-9-14/h1-13,19,22,24H. The number of anilines is 1. The zero-order valence-electron chi connectivity index (χ0n) is 13.9. The van der Waals surface area contributed by atoms with Crippen LogP contribution in [0.1, 0.15) is 11.7 Å². The van der Waals surface area contributed by atoms with Crippen LogP contribution in [0.4, 0.5) is 5.69 Å². The largest absolute Gasteiger partial charge is 0.360 e. The molecule has 0 saturated heterocycles. The summed E-state index contributed by atoms with van der Waals surface area (Å²) in [6.07, 6.45) is -0.251. The molecule has 0 fully saturated rings. The van der Waals surface area contributed by atoms with Crippen LogP contribution in [-0.2, 0) is 0 Å². The second-order valence-electron chi connectivity index (χ2n) is 6.26. The van der Waals surface area contributed by atoms with E-state index in [0.29, 0.717) is 16.7 Å². The molecule has 0 spiro atoms. The number of nitrogens with one attached hydrogen (secondary N) is 2. The first-order valence-corrected chi connectivity index (χ1v) is 8.50. The Kier molecular flexibility index (Phi) is 3.25. The maximum atomic E-state index is 13.1. The zero-order valence-corrected chi connectivity index (χ0v) is 13.9. The van der Waals surface area contributed by atoms with Gasteiger partial charge in [-0.1, -0.05) is 54.6 Å². The SMILES string of the molecule is O=c1c2ccccc2nc2n1NC(c1ccccc1)Nc1ccccc1-2. The third-order valence-electron chi connectivity index (χ3n) is 4.63. The topological polar surface area (TPSA) is 59.0 Å². The molecule has 0 radical (unpaired) electrons. The molecule has 5 heteroatoms. The molecule has 5 rings (SSSR count). The molecule has 26 heavy (non-hydrogen) atoms. The van der Waals surface area contributed by atoms with Crippen LogP contribution in [0.2, 0.25) is 0 Å². The van der Waals surface area contributed by atoms with E-state index >= 15 is 0 Å². The molecule has 0 aliphatic carbocycles. The van der Waals surface area contributed by atoms with Crippen molar-refractivity contribution in [2.45, 2.75) is 6.17 Å². The van der Waals surface area contributed by atoms with Gasteiger partial charge >= 0.3 is 0 Å². The molecule has 0 amide bonds. The molecule has 1 unspecified atom stereocenters. The quantitative estimate of drug-likeness (QED) is 0.554. The number of hydrogen-bond donors (Lipinski definition) is 2. The van der Waals surface area contributed by atoms with E-state index in [-0.39, 0.29) is 11.7 Å². The highest BCUT2D eigenvalue weighted by atomic mass is 16.1. The summed E-state index contributed by atoms with van der Waals surface area (Å²) in [6, 6.07) is 25.3. The summed E-state index contributed by atoms with van der Waals surface area (Å²) in [6.45, 7) is 0. The lowest BCUT2D eigenvalue weighted by atomic mass is 10.1. The van der Waals surface area contributed by atoms with E-state index in [9.17, 15) is 4.79 Å². The highest BCUT2D eigenvalue weighted by molar-refractivity contribution is 5.83. The van der Waals surface area contributed by atoms with Crippen molar-refractivity contribution >= 4 is 16.6 Å². The average molecular weight is 340 g/mol. The highest BCUT2D eigenvalue weighted by Crippen LogP contribution is 2.32. The van der Waals surface area contributed by atoms with Gasteiger partial charge in [-0.25, -0.2) is 9.66 Å². The average Bonchev–Trinajstić information content (AvgIpc) is 2.86. The third-order valence-corrected chi connectivity index (χ3v) is 4.63. The normalized spacial score (nSPS) is 15.3. The Morgan fingerprint density at radius 2 is 1.58 bits per heavy atom. The fourth-order valence-electron chi connectivity index (χ4n) is 3.36. The number of aromatic nitrogens is 2. The van der Waals surface area contributed by atoms with Crippen molar-refractivity contribution in [3.05, 3.63) is 94.8 Å².